The number of hydrogen-bond acceptors (Lipinski definition) is 6. The number of thiophene rings is 1. The predicted octanol–water partition coefficient (Wildman–Crippen LogP) is 2.29. The van der Waals surface area contributed by atoms with Crippen LogP contribution in [0.15, 0.2) is 40.5 Å². The third-order valence-corrected chi connectivity index (χ3v) is 5.16. The predicted molar refractivity (Wildman–Crippen MR) is 98.7 cm³/mol. The van der Waals surface area contributed by atoms with Gasteiger partial charge in [-0.2, -0.15) is 0 Å². The molecule has 0 aliphatic carbocycles. The third-order valence-electron chi connectivity index (χ3n) is 4.27. The lowest BCUT2D eigenvalue weighted by Crippen LogP contribution is -2.22. The molecule has 128 valence electrons. The van der Waals surface area contributed by atoms with E-state index in [2.05, 4.69) is 15.1 Å². The van der Waals surface area contributed by atoms with Crippen LogP contribution in [0.25, 0.3) is 16.0 Å². The number of ether oxygens (including phenoxy) is 1. The molecule has 0 amide bonds. The van der Waals surface area contributed by atoms with E-state index in [0.29, 0.717) is 17.0 Å². The second-order valence-corrected chi connectivity index (χ2v) is 6.69. The lowest BCUT2D eigenvalue weighted by molar-refractivity contribution is 0.414. The van der Waals surface area contributed by atoms with Gasteiger partial charge < -0.3 is 9.64 Å². The molecule has 0 bridgehead atoms. The van der Waals surface area contributed by atoms with Gasteiger partial charge >= 0.3 is 0 Å². The van der Waals surface area contributed by atoms with Crippen LogP contribution in [0.4, 0.5) is 5.69 Å². The minimum atomic E-state index is -0.0467. The number of anilines is 1. The molecule has 0 fully saturated rings. The number of nitrogens with zero attached hydrogens (tertiary/aromatic N) is 5. The Bertz CT molecular complexity index is 1130. The van der Waals surface area contributed by atoms with Crippen molar-refractivity contribution in [3.05, 3.63) is 51.9 Å². The number of fused-ring (bicyclic) bond motifs is 3. The van der Waals surface area contributed by atoms with E-state index in [1.165, 1.54) is 11.3 Å². The number of aromatic nitrogens is 4. The molecule has 3 aromatic heterocycles. The zero-order chi connectivity index (χ0) is 17.6. The minimum Gasteiger partial charge on any atom is -0.495 e. The average Bonchev–Trinajstić information content (AvgIpc) is 3.26. The van der Waals surface area contributed by atoms with Crippen molar-refractivity contribution in [2.75, 3.05) is 19.1 Å². The van der Waals surface area contributed by atoms with Gasteiger partial charge in [-0.05, 0) is 23.6 Å². The van der Waals surface area contributed by atoms with Crippen LogP contribution < -0.4 is 15.2 Å². The number of rotatable bonds is 4. The molecule has 0 saturated heterocycles. The number of hydrogen-bond donors (Lipinski definition) is 0. The van der Waals surface area contributed by atoms with Crippen LogP contribution in [-0.4, -0.2) is 33.3 Å². The summed E-state index contributed by atoms with van der Waals surface area (Å²) in [5.41, 5.74) is 1.76. The molecule has 0 unspecified atom stereocenters. The van der Waals surface area contributed by atoms with Gasteiger partial charge in [-0.25, -0.2) is 0 Å². The Hall–Kier alpha value is -2.87. The normalized spacial score (nSPS) is 11.3. The Morgan fingerprint density at radius 2 is 2.04 bits per heavy atom. The Morgan fingerprint density at radius 1 is 1.24 bits per heavy atom. The zero-order valence-corrected chi connectivity index (χ0v) is 14.9. The summed E-state index contributed by atoms with van der Waals surface area (Å²) in [6, 6.07) is 9.77. The molecule has 3 heterocycles. The summed E-state index contributed by atoms with van der Waals surface area (Å²) in [4.78, 5) is 14.5. The molecular weight excluding hydrogens is 338 g/mol. The minimum absolute atomic E-state index is 0.0467. The molecule has 0 aliphatic heterocycles. The van der Waals surface area contributed by atoms with Crippen molar-refractivity contribution >= 4 is 33.0 Å². The van der Waals surface area contributed by atoms with Gasteiger partial charge in [0.1, 0.15) is 10.4 Å². The number of aryl methyl sites for hydroxylation is 1. The molecule has 0 N–H and O–H groups in total. The number of benzene rings is 1. The summed E-state index contributed by atoms with van der Waals surface area (Å²) >= 11 is 1.43. The molecule has 8 heteroatoms. The molecule has 25 heavy (non-hydrogen) atoms. The lowest BCUT2D eigenvalue weighted by atomic mass is 10.2. The van der Waals surface area contributed by atoms with Crippen molar-refractivity contribution < 1.29 is 4.74 Å². The average molecular weight is 355 g/mol. The zero-order valence-electron chi connectivity index (χ0n) is 14.1. The first kappa shape index (κ1) is 15.6. The molecule has 0 atom stereocenters. The van der Waals surface area contributed by atoms with Gasteiger partial charge in [-0.1, -0.05) is 12.1 Å². The standard InChI is InChI=1S/C17H17N5O2S/c1-20(11-6-4-5-7-13(11)24-3)10-14-18-19-17-21(2)16(23)15-12(22(14)17)8-9-25-15/h4-9H,10H2,1-3H3. The van der Waals surface area contributed by atoms with Gasteiger partial charge in [0.15, 0.2) is 5.82 Å². The highest BCUT2D eigenvalue weighted by atomic mass is 32.1. The molecule has 0 aliphatic rings. The SMILES string of the molecule is COc1ccccc1N(C)Cc1nnc2n(C)c(=O)c3sccc3n12. The van der Waals surface area contributed by atoms with Crippen LogP contribution in [0.3, 0.4) is 0 Å². The Balaban J connectivity index is 1.84. The van der Waals surface area contributed by atoms with E-state index in [0.717, 1.165) is 22.8 Å². The maximum absolute atomic E-state index is 12.4. The van der Waals surface area contributed by atoms with Crippen LogP contribution >= 0.6 is 11.3 Å². The smallest absolute Gasteiger partial charge is 0.272 e. The number of para-hydroxylation sites is 2. The van der Waals surface area contributed by atoms with Crippen LogP contribution in [0.1, 0.15) is 5.82 Å². The summed E-state index contributed by atoms with van der Waals surface area (Å²) in [5.74, 6) is 2.11. The summed E-state index contributed by atoms with van der Waals surface area (Å²) in [7, 11) is 5.36. The van der Waals surface area contributed by atoms with E-state index >= 15 is 0 Å². The summed E-state index contributed by atoms with van der Waals surface area (Å²) in [6.07, 6.45) is 0. The van der Waals surface area contributed by atoms with Gasteiger partial charge in [0.05, 0.1) is 24.9 Å². The molecule has 0 radical (unpaired) electrons. The van der Waals surface area contributed by atoms with Crippen molar-refractivity contribution in [1.29, 1.82) is 0 Å². The Labute approximate surface area is 147 Å². The van der Waals surface area contributed by atoms with Crippen molar-refractivity contribution in [3.8, 4) is 5.75 Å². The van der Waals surface area contributed by atoms with Crippen molar-refractivity contribution in [1.82, 2.24) is 19.2 Å². The fourth-order valence-corrected chi connectivity index (χ4v) is 3.85. The molecule has 4 rings (SSSR count). The van der Waals surface area contributed by atoms with E-state index in [9.17, 15) is 4.79 Å². The second-order valence-electron chi connectivity index (χ2n) is 5.78. The summed E-state index contributed by atoms with van der Waals surface area (Å²) in [5, 5.41) is 10.5. The highest BCUT2D eigenvalue weighted by Crippen LogP contribution is 2.28. The maximum Gasteiger partial charge on any atom is 0.272 e. The molecule has 0 spiro atoms. The van der Waals surface area contributed by atoms with Gasteiger partial charge in [0.2, 0.25) is 5.78 Å². The summed E-state index contributed by atoms with van der Waals surface area (Å²) < 4.78 is 9.63. The van der Waals surface area contributed by atoms with Crippen molar-refractivity contribution in [2.45, 2.75) is 6.54 Å². The van der Waals surface area contributed by atoms with Gasteiger partial charge in [0.25, 0.3) is 5.56 Å². The molecule has 4 aromatic rings. The topological polar surface area (TPSA) is 64.7 Å². The molecule has 0 saturated carbocycles. The van der Waals surface area contributed by atoms with E-state index in [1.807, 2.05) is 47.2 Å². The van der Waals surface area contributed by atoms with Gasteiger partial charge in [-0.15, -0.1) is 21.5 Å². The maximum atomic E-state index is 12.4. The quantitative estimate of drug-likeness (QED) is 0.562. The van der Waals surface area contributed by atoms with Gasteiger partial charge in [0, 0.05) is 14.1 Å². The van der Waals surface area contributed by atoms with Crippen LogP contribution in [0.2, 0.25) is 0 Å². The largest absolute Gasteiger partial charge is 0.495 e. The fourth-order valence-electron chi connectivity index (χ4n) is 3.00. The van der Waals surface area contributed by atoms with Crippen LogP contribution in [-0.2, 0) is 13.6 Å². The second kappa shape index (κ2) is 5.89. The Kier molecular flexibility index (Phi) is 3.69. The summed E-state index contributed by atoms with van der Waals surface area (Å²) in [6.45, 7) is 0.532. The first-order valence-electron chi connectivity index (χ1n) is 7.76. The molecule has 1 aromatic carbocycles. The van der Waals surface area contributed by atoms with E-state index < -0.39 is 0 Å². The monoisotopic (exact) mass is 355 g/mol. The van der Waals surface area contributed by atoms with E-state index in [4.69, 9.17) is 4.74 Å². The first-order chi connectivity index (χ1) is 12.1. The van der Waals surface area contributed by atoms with E-state index in [-0.39, 0.29) is 5.56 Å². The van der Waals surface area contributed by atoms with Crippen LogP contribution in [0.5, 0.6) is 5.75 Å². The molecule has 7 nitrogen and oxygen atoms in total. The highest BCUT2D eigenvalue weighted by Gasteiger charge is 2.17. The Morgan fingerprint density at radius 3 is 2.84 bits per heavy atom. The first-order valence-corrected chi connectivity index (χ1v) is 8.64. The number of methoxy groups -OCH3 is 1. The highest BCUT2D eigenvalue weighted by molar-refractivity contribution is 7.17. The fraction of sp³-hybridized carbons (Fsp3) is 0.235. The van der Waals surface area contributed by atoms with Crippen LogP contribution in [0, 0.1) is 0 Å². The van der Waals surface area contributed by atoms with Gasteiger partial charge in [-0.3, -0.25) is 13.8 Å². The molecular formula is C17H17N5O2S. The third kappa shape index (κ3) is 2.37. The van der Waals surface area contributed by atoms with Crippen molar-refractivity contribution in [3.63, 3.8) is 0 Å². The van der Waals surface area contributed by atoms with E-state index in [1.54, 1.807) is 18.7 Å². The van der Waals surface area contributed by atoms with Crippen molar-refractivity contribution in [2.24, 2.45) is 7.05 Å². The lowest BCUT2D eigenvalue weighted by Gasteiger charge is -2.20.